The van der Waals surface area contributed by atoms with Crippen molar-refractivity contribution >= 4 is 5.97 Å². The van der Waals surface area contributed by atoms with Gasteiger partial charge in [-0.3, -0.25) is 4.79 Å². The smallest absolute Gasteiger partial charge is 0.312 e. The minimum absolute atomic E-state index is 0.0894. The van der Waals surface area contributed by atoms with Crippen molar-refractivity contribution in [3.05, 3.63) is 13.2 Å². The molecule has 4 heteroatoms. The van der Waals surface area contributed by atoms with Crippen LogP contribution in [0.25, 0.3) is 0 Å². The second-order valence-electron chi connectivity index (χ2n) is 3.37. The zero-order chi connectivity index (χ0) is 9.59. The van der Waals surface area contributed by atoms with Crippen LogP contribution in [0.2, 0.25) is 0 Å². The van der Waals surface area contributed by atoms with E-state index in [4.69, 9.17) is 9.47 Å². The van der Waals surface area contributed by atoms with Gasteiger partial charge in [-0.25, -0.2) is 0 Å². The summed E-state index contributed by atoms with van der Waals surface area (Å²) in [5.41, 5.74) is 0. The van der Waals surface area contributed by atoms with Crippen LogP contribution in [0, 0.1) is 5.92 Å². The van der Waals surface area contributed by atoms with Crippen molar-refractivity contribution in [2.45, 2.75) is 30.8 Å². The molecule has 4 nitrogen and oxygen atoms in total. The molecule has 3 aliphatic heterocycles. The maximum Gasteiger partial charge on any atom is 0.312 e. The van der Waals surface area contributed by atoms with E-state index >= 15 is 0 Å². The fourth-order valence-electron chi connectivity index (χ4n) is 2.26. The van der Waals surface area contributed by atoms with Gasteiger partial charge in [0.05, 0.1) is 12.0 Å². The van der Waals surface area contributed by atoms with Crippen molar-refractivity contribution in [1.82, 2.24) is 0 Å². The molecular formula is C9H12O4. The first kappa shape index (κ1) is 8.72. The Kier molecular flexibility index (Phi) is 1.89. The highest BCUT2D eigenvalue weighted by Crippen LogP contribution is 2.45. The second kappa shape index (κ2) is 2.82. The van der Waals surface area contributed by atoms with E-state index in [9.17, 15) is 9.90 Å². The minimum atomic E-state index is -0.581. The molecule has 0 radical (unpaired) electrons. The third-order valence-electron chi connectivity index (χ3n) is 2.81. The second-order valence-corrected chi connectivity index (χ2v) is 3.37. The normalized spacial score (nSPS) is 49.9. The van der Waals surface area contributed by atoms with Gasteiger partial charge in [0.15, 0.2) is 6.10 Å². The summed E-state index contributed by atoms with van der Waals surface area (Å²) >= 11 is 0. The maximum absolute atomic E-state index is 11.0. The SMILES string of the molecule is C=C.O=C1OC2C(O)C3CC1C2O3. The molecule has 72 valence electrons. The average molecular weight is 184 g/mol. The molecule has 0 amide bonds. The molecule has 3 saturated heterocycles. The molecule has 0 spiro atoms. The average Bonchev–Trinajstić information content (AvgIpc) is 2.74. The quantitative estimate of drug-likeness (QED) is 0.420. The largest absolute Gasteiger partial charge is 0.456 e. The van der Waals surface area contributed by atoms with Crippen molar-refractivity contribution in [3.8, 4) is 0 Å². The Hall–Kier alpha value is -0.870. The van der Waals surface area contributed by atoms with E-state index in [2.05, 4.69) is 13.2 Å². The van der Waals surface area contributed by atoms with Crippen molar-refractivity contribution in [1.29, 1.82) is 0 Å². The van der Waals surface area contributed by atoms with Crippen molar-refractivity contribution in [3.63, 3.8) is 0 Å². The number of ether oxygens (including phenoxy) is 2. The Morgan fingerprint density at radius 2 is 2.08 bits per heavy atom. The van der Waals surface area contributed by atoms with Gasteiger partial charge < -0.3 is 14.6 Å². The van der Waals surface area contributed by atoms with Gasteiger partial charge >= 0.3 is 5.97 Å². The lowest BCUT2D eigenvalue weighted by atomic mass is 9.88. The third kappa shape index (κ3) is 0.957. The van der Waals surface area contributed by atoms with Crippen LogP contribution in [-0.2, 0) is 14.3 Å². The molecule has 3 rings (SSSR count). The number of aliphatic hydroxyl groups is 1. The summed E-state index contributed by atoms with van der Waals surface area (Å²) in [5, 5.41) is 9.42. The van der Waals surface area contributed by atoms with E-state index in [1.165, 1.54) is 0 Å². The van der Waals surface area contributed by atoms with E-state index in [1.807, 2.05) is 0 Å². The fraction of sp³-hybridized carbons (Fsp3) is 0.667. The van der Waals surface area contributed by atoms with E-state index in [0.29, 0.717) is 6.42 Å². The Balaban J connectivity index is 0.000000308. The molecule has 0 saturated carbocycles. The Morgan fingerprint density at radius 3 is 2.62 bits per heavy atom. The maximum atomic E-state index is 11.0. The molecular weight excluding hydrogens is 172 g/mol. The van der Waals surface area contributed by atoms with Crippen LogP contribution in [0.1, 0.15) is 6.42 Å². The van der Waals surface area contributed by atoms with Gasteiger partial charge in [-0.05, 0) is 6.42 Å². The summed E-state index contributed by atoms with van der Waals surface area (Å²) in [6.07, 6.45) is -0.612. The van der Waals surface area contributed by atoms with E-state index in [-0.39, 0.29) is 30.2 Å². The van der Waals surface area contributed by atoms with Crippen molar-refractivity contribution < 1.29 is 19.4 Å². The van der Waals surface area contributed by atoms with Gasteiger partial charge in [-0.1, -0.05) is 0 Å². The van der Waals surface area contributed by atoms with E-state index in [1.54, 1.807) is 0 Å². The molecule has 3 aliphatic rings. The number of aliphatic hydroxyl groups excluding tert-OH is 1. The number of rotatable bonds is 0. The molecule has 3 heterocycles. The first-order valence-corrected chi connectivity index (χ1v) is 4.31. The number of esters is 1. The third-order valence-corrected chi connectivity index (χ3v) is 2.81. The van der Waals surface area contributed by atoms with Crippen molar-refractivity contribution in [2.24, 2.45) is 5.92 Å². The fourth-order valence-corrected chi connectivity index (χ4v) is 2.26. The molecule has 0 aromatic carbocycles. The molecule has 5 atom stereocenters. The zero-order valence-corrected chi connectivity index (χ0v) is 7.18. The van der Waals surface area contributed by atoms with Gasteiger partial charge in [0, 0.05) is 0 Å². The van der Waals surface area contributed by atoms with Gasteiger partial charge in [0.2, 0.25) is 0 Å². The Morgan fingerprint density at radius 1 is 1.38 bits per heavy atom. The summed E-state index contributed by atoms with van der Waals surface area (Å²) in [6.45, 7) is 6.00. The molecule has 0 aromatic heterocycles. The predicted molar refractivity (Wildman–Crippen MR) is 43.9 cm³/mol. The van der Waals surface area contributed by atoms with Crippen molar-refractivity contribution in [2.75, 3.05) is 0 Å². The van der Waals surface area contributed by atoms with Gasteiger partial charge in [-0.2, -0.15) is 0 Å². The number of carbonyl (C=O) groups is 1. The summed E-state index contributed by atoms with van der Waals surface area (Å²) in [5.74, 6) is -0.285. The van der Waals surface area contributed by atoms with Crippen LogP contribution in [-0.4, -0.2) is 35.5 Å². The molecule has 3 fully saturated rings. The molecule has 13 heavy (non-hydrogen) atoms. The molecule has 0 aliphatic carbocycles. The van der Waals surface area contributed by atoms with E-state index < -0.39 is 6.10 Å². The Bertz CT molecular complexity index is 240. The lowest BCUT2D eigenvalue weighted by Gasteiger charge is -2.15. The summed E-state index contributed by atoms with van der Waals surface area (Å²) in [6, 6.07) is 0. The zero-order valence-electron chi connectivity index (χ0n) is 7.18. The summed E-state index contributed by atoms with van der Waals surface area (Å²) in [4.78, 5) is 11.0. The summed E-state index contributed by atoms with van der Waals surface area (Å²) < 4.78 is 10.3. The standard InChI is InChI=1S/C7H8O4.C2H4/c8-4-3-1-2-5(10-3)6(4)11-7(2)9;1-2/h2-6,8H,1H2;1-2H2. The van der Waals surface area contributed by atoms with E-state index in [0.717, 1.165) is 0 Å². The molecule has 5 unspecified atom stereocenters. The van der Waals surface area contributed by atoms with Crippen LogP contribution in [0.15, 0.2) is 13.2 Å². The first-order valence-electron chi connectivity index (χ1n) is 4.31. The number of fused-ring (bicyclic) bond motifs is 1. The van der Waals surface area contributed by atoms with Crippen LogP contribution in [0.5, 0.6) is 0 Å². The predicted octanol–water partition coefficient (Wildman–Crippen LogP) is -0.138. The molecule has 0 aromatic rings. The monoisotopic (exact) mass is 184 g/mol. The lowest BCUT2D eigenvalue weighted by molar-refractivity contribution is -0.145. The minimum Gasteiger partial charge on any atom is -0.456 e. The van der Waals surface area contributed by atoms with Gasteiger partial charge in [0.1, 0.15) is 12.2 Å². The van der Waals surface area contributed by atoms with Gasteiger partial charge in [-0.15, -0.1) is 13.2 Å². The van der Waals surface area contributed by atoms with Crippen LogP contribution in [0.3, 0.4) is 0 Å². The summed E-state index contributed by atoms with van der Waals surface area (Å²) in [7, 11) is 0. The lowest BCUT2D eigenvalue weighted by Crippen LogP contribution is -2.36. The van der Waals surface area contributed by atoms with Gasteiger partial charge in [0.25, 0.3) is 0 Å². The Labute approximate surface area is 76.1 Å². The first-order chi connectivity index (χ1) is 6.27. The number of hydrogen-bond acceptors (Lipinski definition) is 4. The molecule has 2 bridgehead atoms. The van der Waals surface area contributed by atoms with Crippen LogP contribution < -0.4 is 0 Å². The van der Waals surface area contributed by atoms with Crippen LogP contribution in [0.4, 0.5) is 0 Å². The highest BCUT2D eigenvalue weighted by Gasteiger charge is 2.63. The highest BCUT2D eigenvalue weighted by atomic mass is 16.6. The number of hydrogen-bond donors (Lipinski definition) is 1. The molecule has 1 N–H and O–H groups in total. The van der Waals surface area contributed by atoms with Crippen LogP contribution >= 0.6 is 0 Å². The topological polar surface area (TPSA) is 55.8 Å². The highest BCUT2D eigenvalue weighted by molar-refractivity contribution is 5.77. The number of carbonyl (C=O) groups excluding carboxylic acids is 1.